The summed E-state index contributed by atoms with van der Waals surface area (Å²) in [4.78, 5) is 2.08. The lowest BCUT2D eigenvalue weighted by molar-refractivity contribution is -0.138. The predicted molar refractivity (Wildman–Crippen MR) is 97.8 cm³/mol. The summed E-state index contributed by atoms with van der Waals surface area (Å²) in [5, 5.41) is 10.1. The molecule has 4 nitrogen and oxygen atoms in total. The van der Waals surface area contributed by atoms with Gasteiger partial charge in [0.05, 0.1) is 11.3 Å². The second-order valence-electron chi connectivity index (χ2n) is 7.05. The maximum absolute atomic E-state index is 13.5. The molecule has 0 saturated heterocycles. The molecule has 26 heavy (non-hydrogen) atoms. The Hall–Kier alpha value is -1.86. The van der Waals surface area contributed by atoms with E-state index in [9.17, 15) is 13.2 Å². The zero-order chi connectivity index (χ0) is 19.3. The van der Waals surface area contributed by atoms with E-state index in [4.69, 9.17) is 0 Å². The number of halogens is 3. The molecule has 0 saturated carbocycles. The van der Waals surface area contributed by atoms with Crippen molar-refractivity contribution in [3.63, 3.8) is 0 Å². The first-order valence-corrected chi connectivity index (χ1v) is 8.78. The Kier molecular flexibility index (Phi) is 6.83. The van der Waals surface area contributed by atoms with E-state index < -0.39 is 11.7 Å². The third-order valence-corrected chi connectivity index (χ3v) is 4.24. The van der Waals surface area contributed by atoms with Gasteiger partial charge in [0.1, 0.15) is 0 Å². The van der Waals surface area contributed by atoms with Gasteiger partial charge in [-0.15, -0.1) is 0 Å². The van der Waals surface area contributed by atoms with Crippen LogP contribution in [0.3, 0.4) is 0 Å². The first-order valence-electron chi connectivity index (χ1n) is 8.78. The molecule has 1 heterocycles. The van der Waals surface area contributed by atoms with Crippen LogP contribution < -0.4 is 5.32 Å². The summed E-state index contributed by atoms with van der Waals surface area (Å²) in [6.07, 6.45) is -2.30. The van der Waals surface area contributed by atoms with Gasteiger partial charge in [-0.1, -0.05) is 26.0 Å². The molecule has 1 aromatic heterocycles. The highest BCUT2D eigenvalue weighted by atomic mass is 19.4. The van der Waals surface area contributed by atoms with Crippen molar-refractivity contribution in [2.24, 2.45) is 5.92 Å². The number of hydrogen-bond donors (Lipinski definition) is 2. The summed E-state index contributed by atoms with van der Waals surface area (Å²) in [7, 11) is 3.84. The lowest BCUT2D eigenvalue weighted by Gasteiger charge is -2.17. The van der Waals surface area contributed by atoms with Crippen molar-refractivity contribution < 1.29 is 13.2 Å². The summed E-state index contributed by atoms with van der Waals surface area (Å²) in [6, 6.07) is 4.61. The molecule has 2 N–H and O–H groups in total. The van der Waals surface area contributed by atoms with Gasteiger partial charge in [-0.25, -0.2) is 0 Å². The zero-order valence-corrected chi connectivity index (χ0v) is 15.7. The monoisotopic (exact) mass is 368 g/mol. The SMILES string of the molecule is CNCCN(C)Cc1n[nH]cc1-c1ccc(CC(C)C)c(C(F)(F)F)c1. The van der Waals surface area contributed by atoms with Crippen LogP contribution in [0.15, 0.2) is 24.4 Å². The van der Waals surface area contributed by atoms with E-state index in [0.717, 1.165) is 18.8 Å². The fraction of sp³-hybridized carbons (Fsp3) is 0.526. The number of aromatic nitrogens is 2. The smallest absolute Gasteiger partial charge is 0.318 e. The Bertz CT molecular complexity index is 707. The largest absolute Gasteiger partial charge is 0.416 e. The van der Waals surface area contributed by atoms with Crippen LogP contribution in [0, 0.1) is 5.92 Å². The van der Waals surface area contributed by atoms with Crippen LogP contribution >= 0.6 is 0 Å². The molecular weight excluding hydrogens is 341 g/mol. The number of H-pyrrole nitrogens is 1. The number of alkyl halides is 3. The average Bonchev–Trinajstić information content (AvgIpc) is 2.99. The zero-order valence-electron chi connectivity index (χ0n) is 15.7. The van der Waals surface area contributed by atoms with Crippen LogP contribution in [0.1, 0.15) is 30.7 Å². The van der Waals surface area contributed by atoms with Crippen molar-refractivity contribution in [3.05, 3.63) is 41.2 Å². The molecule has 144 valence electrons. The fourth-order valence-electron chi connectivity index (χ4n) is 2.95. The van der Waals surface area contributed by atoms with Crippen molar-refractivity contribution in [1.82, 2.24) is 20.4 Å². The molecule has 0 spiro atoms. The fourth-order valence-corrected chi connectivity index (χ4v) is 2.95. The molecule has 7 heteroatoms. The standard InChI is InChI=1S/C19H27F3N4/c1-13(2)9-15-6-5-14(10-17(15)19(20,21)22)16-11-24-25-18(16)12-26(4)8-7-23-3/h5-6,10-11,13,23H,7-9,12H2,1-4H3,(H,24,25). The first-order chi connectivity index (χ1) is 12.2. The summed E-state index contributed by atoms with van der Waals surface area (Å²) in [5.74, 6) is 0.160. The third kappa shape index (κ3) is 5.32. The Morgan fingerprint density at radius 3 is 2.62 bits per heavy atom. The quantitative estimate of drug-likeness (QED) is 0.742. The molecule has 0 amide bonds. The molecule has 2 rings (SSSR count). The van der Waals surface area contributed by atoms with E-state index in [2.05, 4.69) is 20.4 Å². The summed E-state index contributed by atoms with van der Waals surface area (Å²) in [5.41, 5.74) is 1.78. The highest BCUT2D eigenvalue weighted by molar-refractivity contribution is 5.67. The minimum Gasteiger partial charge on any atom is -0.318 e. The van der Waals surface area contributed by atoms with Gasteiger partial charge in [0.15, 0.2) is 0 Å². The molecule has 0 atom stereocenters. The molecule has 0 aliphatic carbocycles. The Balaban J connectivity index is 2.34. The summed E-state index contributed by atoms with van der Waals surface area (Å²) >= 11 is 0. The first kappa shape index (κ1) is 20.5. The molecule has 0 unspecified atom stereocenters. The number of nitrogens with one attached hydrogen (secondary N) is 2. The molecule has 2 aromatic rings. The van der Waals surface area contributed by atoms with Crippen LogP contribution in [0.25, 0.3) is 11.1 Å². The molecule has 1 aromatic carbocycles. The number of likely N-dealkylation sites (N-methyl/N-ethyl adjacent to an activating group) is 2. The molecular formula is C19H27F3N4. The number of rotatable bonds is 8. The maximum atomic E-state index is 13.5. The molecule has 0 aliphatic rings. The molecule has 0 aliphatic heterocycles. The molecule has 0 radical (unpaired) electrons. The van der Waals surface area contributed by atoms with E-state index >= 15 is 0 Å². The lowest BCUT2D eigenvalue weighted by Crippen LogP contribution is -2.27. The van der Waals surface area contributed by atoms with Crippen LogP contribution in [0.4, 0.5) is 13.2 Å². The van der Waals surface area contributed by atoms with Gasteiger partial charge >= 0.3 is 6.18 Å². The predicted octanol–water partition coefficient (Wildman–Crippen LogP) is 3.95. The second kappa shape index (κ2) is 8.68. The Labute approximate surface area is 152 Å². The number of hydrogen-bond acceptors (Lipinski definition) is 3. The van der Waals surface area contributed by atoms with Crippen molar-refractivity contribution in [2.75, 3.05) is 27.2 Å². The Morgan fingerprint density at radius 1 is 1.27 bits per heavy atom. The van der Waals surface area contributed by atoms with Crippen LogP contribution in [0.5, 0.6) is 0 Å². The van der Waals surface area contributed by atoms with Crippen molar-refractivity contribution in [3.8, 4) is 11.1 Å². The number of benzene rings is 1. The number of aromatic amines is 1. The number of nitrogens with zero attached hydrogens (tertiary/aromatic N) is 2. The van der Waals surface area contributed by atoms with Gasteiger partial charge in [0.25, 0.3) is 0 Å². The topological polar surface area (TPSA) is 44.0 Å². The molecule has 0 fully saturated rings. The minimum atomic E-state index is -4.37. The van der Waals surface area contributed by atoms with E-state index in [1.54, 1.807) is 18.3 Å². The normalized spacial score (nSPS) is 12.3. The lowest BCUT2D eigenvalue weighted by atomic mass is 9.94. The second-order valence-corrected chi connectivity index (χ2v) is 7.05. The highest BCUT2D eigenvalue weighted by Crippen LogP contribution is 2.36. The Morgan fingerprint density at radius 2 is 2.00 bits per heavy atom. The molecule has 0 bridgehead atoms. The van der Waals surface area contributed by atoms with Gasteiger partial charge in [-0.3, -0.25) is 10.00 Å². The van der Waals surface area contributed by atoms with E-state index in [1.165, 1.54) is 6.07 Å². The van der Waals surface area contributed by atoms with Crippen LogP contribution in [0.2, 0.25) is 0 Å². The third-order valence-electron chi connectivity index (χ3n) is 4.24. The van der Waals surface area contributed by atoms with Gasteiger partial charge in [0.2, 0.25) is 0 Å². The van der Waals surface area contributed by atoms with E-state index in [-0.39, 0.29) is 5.92 Å². The summed E-state index contributed by atoms with van der Waals surface area (Å²) < 4.78 is 40.6. The van der Waals surface area contributed by atoms with Crippen LogP contribution in [-0.4, -0.2) is 42.3 Å². The highest BCUT2D eigenvalue weighted by Gasteiger charge is 2.34. The van der Waals surface area contributed by atoms with Gasteiger partial charge in [-0.2, -0.15) is 18.3 Å². The minimum absolute atomic E-state index is 0.160. The summed E-state index contributed by atoms with van der Waals surface area (Å²) in [6.45, 7) is 6.06. The van der Waals surface area contributed by atoms with Crippen molar-refractivity contribution in [1.29, 1.82) is 0 Å². The van der Waals surface area contributed by atoms with Crippen LogP contribution in [-0.2, 0) is 19.1 Å². The maximum Gasteiger partial charge on any atom is 0.416 e. The van der Waals surface area contributed by atoms with Gasteiger partial charge in [-0.05, 0) is 43.6 Å². The average molecular weight is 368 g/mol. The van der Waals surface area contributed by atoms with Gasteiger partial charge < -0.3 is 5.32 Å². The van der Waals surface area contributed by atoms with E-state index in [1.807, 2.05) is 27.9 Å². The van der Waals surface area contributed by atoms with Crippen molar-refractivity contribution >= 4 is 0 Å². The van der Waals surface area contributed by atoms with Crippen molar-refractivity contribution in [2.45, 2.75) is 33.0 Å². The van der Waals surface area contributed by atoms with Gasteiger partial charge in [0, 0.05) is 31.4 Å². The van der Waals surface area contributed by atoms with E-state index in [0.29, 0.717) is 29.7 Å².